The molecule has 0 spiro atoms. The van der Waals surface area contributed by atoms with E-state index in [2.05, 4.69) is 198 Å². The predicted octanol–water partition coefficient (Wildman–Crippen LogP) is 21.0. The molecule has 0 bridgehead atoms. The second-order valence-electron chi connectivity index (χ2n) is 26.2. The largest absolute Gasteiger partial charge is 0.376 e. The summed E-state index contributed by atoms with van der Waals surface area (Å²) in [5, 5.41) is 40.9. The van der Waals surface area contributed by atoms with Gasteiger partial charge in [0, 0.05) is 47.4 Å². The van der Waals surface area contributed by atoms with Gasteiger partial charge in [-0.1, -0.05) is 382 Å². The van der Waals surface area contributed by atoms with E-state index >= 15 is 0 Å². The van der Waals surface area contributed by atoms with Crippen LogP contribution in [0.25, 0.3) is 0 Å². The van der Waals surface area contributed by atoms with Crippen molar-refractivity contribution in [2.45, 2.75) is 27.9 Å². The van der Waals surface area contributed by atoms with Crippen molar-refractivity contribution in [2.24, 2.45) is 7.05 Å². The Balaban J connectivity index is 0.000000120. The summed E-state index contributed by atoms with van der Waals surface area (Å²) in [6.07, 6.45) is 12.1. The first-order valence-electron chi connectivity index (χ1n) is 36.3. The Morgan fingerprint density at radius 2 is 0.523 bits per heavy atom. The second-order valence-corrected chi connectivity index (χ2v) is 27.2. The van der Waals surface area contributed by atoms with Crippen LogP contribution in [0.3, 0.4) is 0 Å². The van der Waals surface area contributed by atoms with Crippen molar-refractivity contribution in [3.63, 3.8) is 0 Å². The Bertz CT molecular complexity index is 4820. The average molecular weight is 1440 g/mol. The fourth-order valence-electron chi connectivity index (χ4n) is 14.4. The molecule has 0 aliphatic rings. The first-order valence-corrected chi connectivity index (χ1v) is 37.2. The third-order valence-electron chi connectivity index (χ3n) is 19.7. The van der Waals surface area contributed by atoms with Gasteiger partial charge in [-0.3, -0.25) is 4.68 Å². The minimum absolute atomic E-state index is 0.317. The van der Waals surface area contributed by atoms with E-state index in [9.17, 15) is 19.7 Å². The molecule has 0 aliphatic heterocycles. The zero-order valence-corrected chi connectivity index (χ0v) is 61.3. The van der Waals surface area contributed by atoms with Crippen molar-refractivity contribution in [1.29, 1.82) is 0 Å². The average Bonchev–Trinajstić information content (AvgIpc) is 1.69. The molecule has 0 atom stereocenters. The number of aliphatic hydroxyl groups is 3. The maximum Gasteiger partial charge on any atom is 0.168 e. The molecule has 4 heterocycles. The number of pyridine rings is 1. The van der Waals surface area contributed by atoms with Crippen LogP contribution in [0.5, 0.6) is 0 Å². The summed E-state index contributed by atoms with van der Waals surface area (Å²) in [6, 6.07) is 142. The number of aryl methyl sites for hydroxylation is 1. The van der Waals surface area contributed by atoms with Crippen molar-refractivity contribution in [1.82, 2.24) is 14.3 Å². The van der Waals surface area contributed by atoms with Crippen LogP contribution in [0.4, 0.5) is 4.39 Å². The molecule has 9 heteroatoms. The van der Waals surface area contributed by atoms with Gasteiger partial charge in [-0.2, -0.15) is 5.10 Å². The molecule has 0 saturated carbocycles. The van der Waals surface area contributed by atoms with Gasteiger partial charge >= 0.3 is 0 Å². The van der Waals surface area contributed by atoms with Crippen LogP contribution in [0, 0.1) is 5.82 Å². The Morgan fingerprint density at radius 1 is 0.266 bits per heavy atom. The van der Waals surface area contributed by atoms with Gasteiger partial charge in [0.15, 0.2) is 12.4 Å². The molecule has 4 aromatic heterocycles. The molecular weight excluding hydrogens is 1360 g/mol. The van der Waals surface area contributed by atoms with E-state index < -0.39 is 22.3 Å². The highest BCUT2D eigenvalue weighted by Gasteiger charge is 2.41. The van der Waals surface area contributed by atoms with E-state index in [1.807, 2.05) is 277 Å². The Kier molecular flexibility index (Phi) is 24.1. The van der Waals surface area contributed by atoms with Gasteiger partial charge in [-0.05, 0) is 114 Å². The smallest absolute Gasteiger partial charge is 0.168 e. The van der Waals surface area contributed by atoms with Crippen molar-refractivity contribution >= 4 is 11.3 Å². The predicted molar refractivity (Wildman–Crippen MR) is 439 cm³/mol. The number of halogens is 1. The lowest BCUT2D eigenvalue weighted by molar-refractivity contribution is -0.671. The van der Waals surface area contributed by atoms with E-state index in [4.69, 9.17) is 0 Å². The molecule has 0 saturated heterocycles. The van der Waals surface area contributed by atoms with Gasteiger partial charge < -0.3 is 19.9 Å². The van der Waals surface area contributed by atoms with E-state index in [1.165, 1.54) is 45.5 Å². The number of nitrogens with zero attached hydrogens (tertiary/aromatic N) is 4. The van der Waals surface area contributed by atoms with Crippen LogP contribution in [-0.2, 0) is 34.9 Å². The Hall–Kier alpha value is -13.0. The maximum atomic E-state index is 13.2. The highest BCUT2D eigenvalue weighted by molar-refractivity contribution is 7.10. The van der Waals surface area contributed by atoms with E-state index in [0.717, 1.165) is 43.8 Å². The topological polar surface area (TPSA) is 87.3 Å². The molecule has 0 fully saturated rings. The molecule has 534 valence electrons. The van der Waals surface area contributed by atoms with Crippen molar-refractivity contribution in [3.8, 4) is 0 Å². The van der Waals surface area contributed by atoms with Crippen LogP contribution in [0.2, 0.25) is 0 Å². The number of thiophene rings is 1. The number of hydrogen-bond donors (Lipinski definition) is 3. The summed E-state index contributed by atoms with van der Waals surface area (Å²) in [4.78, 5) is 0.935. The summed E-state index contributed by atoms with van der Waals surface area (Å²) in [5.74, 6) is -0.317. The highest BCUT2D eigenvalue weighted by atomic mass is 32.1. The van der Waals surface area contributed by atoms with Crippen LogP contribution in [0.15, 0.2) is 473 Å². The number of benzene rings is 13. The van der Waals surface area contributed by atoms with Crippen molar-refractivity contribution < 1.29 is 24.3 Å². The van der Waals surface area contributed by atoms with Crippen molar-refractivity contribution in [2.75, 3.05) is 0 Å². The van der Waals surface area contributed by atoms with Gasteiger partial charge in [0.25, 0.3) is 0 Å². The van der Waals surface area contributed by atoms with Crippen LogP contribution < -0.4 is 4.57 Å². The minimum Gasteiger partial charge on any atom is -0.376 e. The zero-order valence-electron chi connectivity index (χ0n) is 60.5. The molecule has 0 radical (unpaired) electrons. The molecule has 17 rings (SSSR count). The standard InChI is InChI=1S/C23H19N.C22H18N2.C19H15FO.C19H18NO.C17H14OS/c1-4-12-20(13-5-1)23(24-18-10-11-19-24,21-14-6-2-7-15-21)22-16-8-3-9-17-22;1-4-11-19(12-5-1)22(24-18-10-17-23-24,20-13-6-2-7-14-20)21-15-8-3-9-16-21;20-18-13-11-17(12-14-18)19(21,15-7-3-1-4-8-15)16-9-5-2-6-10-16;1-20-14-12-18(13-15-20)19(21,16-8-4-2-5-9-16)17-10-6-3-7-11-17;18-17(16-12-7-13-19-16,14-8-3-1-4-9-14)15-10-5-2-6-11-15/h1-19H;1-18H;1-14,21H;2-15,21H,1H3;1-13,18H/q;;;+1;. The molecule has 0 unspecified atom stereocenters. The molecule has 0 aliphatic carbocycles. The lowest BCUT2D eigenvalue weighted by Gasteiger charge is -2.37. The highest BCUT2D eigenvalue weighted by Crippen LogP contribution is 2.44. The second kappa shape index (κ2) is 35.4. The first kappa shape index (κ1) is 74.3. The third-order valence-corrected chi connectivity index (χ3v) is 20.7. The van der Waals surface area contributed by atoms with Crippen LogP contribution in [-0.4, -0.2) is 29.7 Å². The number of aromatic nitrogens is 4. The maximum absolute atomic E-state index is 13.2. The summed E-state index contributed by atoms with van der Waals surface area (Å²) in [7, 11) is 1.97. The third kappa shape index (κ3) is 16.1. The lowest BCUT2D eigenvalue weighted by Crippen LogP contribution is -2.38. The molecule has 7 nitrogen and oxygen atoms in total. The van der Waals surface area contributed by atoms with Gasteiger partial charge in [-0.15, -0.1) is 11.3 Å². The first-order chi connectivity index (χ1) is 53.6. The molecular formula is C100H84FN4O3S+. The van der Waals surface area contributed by atoms with Gasteiger partial charge in [-0.25, -0.2) is 8.96 Å². The monoisotopic (exact) mass is 1440 g/mol. The zero-order chi connectivity index (χ0) is 75.0. The summed E-state index contributed by atoms with van der Waals surface area (Å²) >= 11 is 1.57. The van der Waals surface area contributed by atoms with E-state index in [-0.39, 0.29) is 11.4 Å². The molecule has 3 N–H and O–H groups in total. The van der Waals surface area contributed by atoms with Gasteiger partial charge in [0.05, 0.1) is 0 Å². The fourth-order valence-corrected chi connectivity index (χ4v) is 15.3. The normalized spacial score (nSPS) is 11.3. The molecule has 0 amide bonds. The van der Waals surface area contributed by atoms with E-state index in [0.29, 0.717) is 5.56 Å². The van der Waals surface area contributed by atoms with Crippen LogP contribution in [0.1, 0.15) is 82.8 Å². The minimum atomic E-state index is -1.30. The lowest BCUT2D eigenvalue weighted by atomic mass is 9.77. The van der Waals surface area contributed by atoms with Crippen molar-refractivity contribution in [3.05, 3.63) is 562 Å². The van der Waals surface area contributed by atoms with Gasteiger partial charge in [0.1, 0.15) is 40.7 Å². The molecule has 109 heavy (non-hydrogen) atoms. The van der Waals surface area contributed by atoms with E-state index in [1.54, 1.807) is 23.5 Å². The summed E-state index contributed by atoms with van der Waals surface area (Å²) < 4.78 is 19.5. The fraction of sp³-hybridized carbons (Fsp3) is 0.0600. The Labute approximate surface area is 642 Å². The van der Waals surface area contributed by atoms with Crippen LogP contribution >= 0.6 is 11.3 Å². The summed E-state index contributed by atoms with van der Waals surface area (Å²) in [6.45, 7) is 0. The SMILES string of the molecule is C[n+]1ccc(C(O)(c2ccccc2)c2ccccc2)cc1.OC(c1ccccc1)(c1ccccc1)c1ccc(F)cc1.OC(c1ccccc1)(c1ccccc1)c1cccs1.c1ccc(C(c2ccccc2)(c2ccccc2)n2cccc2)cc1.c1ccc(C(c2ccccc2)(c2ccccc2)n2cccn2)cc1. The molecule has 13 aromatic carbocycles. The quantitative estimate of drug-likeness (QED) is 0.0626. The Morgan fingerprint density at radius 3 is 0.789 bits per heavy atom. The van der Waals surface area contributed by atoms with Gasteiger partial charge in [0.2, 0.25) is 0 Å². The molecule has 17 aromatic rings. The number of hydrogen-bond acceptors (Lipinski definition) is 5. The number of rotatable bonds is 17. The summed E-state index contributed by atoms with van der Waals surface area (Å²) in [5.41, 5.74) is 9.44.